The lowest BCUT2D eigenvalue weighted by molar-refractivity contribution is 0.443. The minimum Gasteiger partial charge on any atom is -0.398 e. The highest BCUT2D eigenvalue weighted by Crippen LogP contribution is 2.34. The maximum atomic E-state index is 6.10. The molecule has 0 bridgehead atoms. The Morgan fingerprint density at radius 2 is 1.60 bits per heavy atom. The molecule has 0 spiro atoms. The Morgan fingerprint density at radius 1 is 0.900 bits per heavy atom. The summed E-state index contributed by atoms with van der Waals surface area (Å²) in [6.45, 7) is 2.11. The van der Waals surface area contributed by atoms with Crippen LogP contribution in [0.5, 0.6) is 0 Å². The molecule has 20 heavy (non-hydrogen) atoms. The minimum absolute atomic E-state index is 0.771. The maximum Gasteiger partial charge on any atom is 0.0393 e. The molecular weight excluding hydrogens is 242 g/mol. The van der Waals surface area contributed by atoms with E-state index < -0.39 is 0 Å². The van der Waals surface area contributed by atoms with Gasteiger partial charge in [0.1, 0.15) is 0 Å². The SMILES string of the molecule is Cc1ccc(N)c(-c2ccc(C3CCCCC3)cc2)c1. The van der Waals surface area contributed by atoms with Crippen molar-refractivity contribution in [2.75, 3.05) is 5.73 Å². The van der Waals surface area contributed by atoms with Crippen molar-refractivity contribution in [1.29, 1.82) is 0 Å². The molecule has 0 heterocycles. The van der Waals surface area contributed by atoms with Crippen molar-refractivity contribution in [2.45, 2.75) is 44.9 Å². The summed E-state index contributed by atoms with van der Waals surface area (Å²) in [7, 11) is 0. The quantitative estimate of drug-likeness (QED) is 0.733. The van der Waals surface area contributed by atoms with Crippen molar-refractivity contribution in [1.82, 2.24) is 0 Å². The number of hydrogen-bond donors (Lipinski definition) is 1. The van der Waals surface area contributed by atoms with Crippen LogP contribution in [0.2, 0.25) is 0 Å². The predicted octanol–water partition coefficient (Wildman–Crippen LogP) is 5.29. The van der Waals surface area contributed by atoms with Crippen LogP contribution < -0.4 is 5.73 Å². The third-order valence-electron chi connectivity index (χ3n) is 4.51. The van der Waals surface area contributed by atoms with Gasteiger partial charge in [0.15, 0.2) is 0 Å². The lowest BCUT2D eigenvalue weighted by atomic mass is 9.83. The molecule has 0 amide bonds. The lowest BCUT2D eigenvalue weighted by Gasteiger charge is -2.22. The molecule has 1 saturated carbocycles. The zero-order valence-corrected chi connectivity index (χ0v) is 12.2. The molecule has 1 fully saturated rings. The van der Waals surface area contributed by atoms with Gasteiger partial charge in [-0.3, -0.25) is 0 Å². The Hall–Kier alpha value is -1.76. The van der Waals surface area contributed by atoms with E-state index in [-0.39, 0.29) is 0 Å². The van der Waals surface area contributed by atoms with E-state index in [1.54, 1.807) is 0 Å². The van der Waals surface area contributed by atoms with Crippen molar-refractivity contribution in [3.8, 4) is 11.1 Å². The van der Waals surface area contributed by atoms with Gasteiger partial charge in [0, 0.05) is 11.3 Å². The van der Waals surface area contributed by atoms with Gasteiger partial charge in [-0.15, -0.1) is 0 Å². The fourth-order valence-corrected chi connectivity index (χ4v) is 3.29. The molecule has 2 N–H and O–H groups in total. The number of nitrogen functional groups attached to an aromatic ring is 1. The number of nitrogens with two attached hydrogens (primary N) is 1. The second kappa shape index (κ2) is 5.70. The summed E-state index contributed by atoms with van der Waals surface area (Å²) >= 11 is 0. The first-order chi connectivity index (χ1) is 9.74. The van der Waals surface area contributed by atoms with Crippen LogP contribution in [0, 0.1) is 6.92 Å². The highest BCUT2D eigenvalue weighted by molar-refractivity contribution is 5.76. The normalized spacial score (nSPS) is 16.2. The van der Waals surface area contributed by atoms with Gasteiger partial charge in [-0.25, -0.2) is 0 Å². The maximum absolute atomic E-state index is 6.10. The summed E-state index contributed by atoms with van der Waals surface area (Å²) in [6, 6.07) is 15.3. The molecule has 1 heteroatoms. The molecule has 0 saturated heterocycles. The van der Waals surface area contributed by atoms with E-state index in [9.17, 15) is 0 Å². The Morgan fingerprint density at radius 3 is 2.30 bits per heavy atom. The summed E-state index contributed by atoms with van der Waals surface area (Å²) in [5.74, 6) is 0.771. The monoisotopic (exact) mass is 265 g/mol. The molecule has 104 valence electrons. The van der Waals surface area contributed by atoms with E-state index >= 15 is 0 Å². The fourth-order valence-electron chi connectivity index (χ4n) is 3.29. The first kappa shape index (κ1) is 13.2. The second-order valence-corrected chi connectivity index (χ2v) is 6.05. The predicted molar refractivity (Wildman–Crippen MR) is 86.9 cm³/mol. The zero-order chi connectivity index (χ0) is 13.9. The van der Waals surface area contributed by atoms with E-state index in [0.29, 0.717) is 0 Å². The van der Waals surface area contributed by atoms with Gasteiger partial charge in [0.05, 0.1) is 0 Å². The van der Waals surface area contributed by atoms with Gasteiger partial charge < -0.3 is 5.73 Å². The summed E-state index contributed by atoms with van der Waals surface area (Å²) in [5, 5.41) is 0. The fraction of sp³-hybridized carbons (Fsp3) is 0.368. The molecule has 0 aromatic heterocycles. The van der Waals surface area contributed by atoms with E-state index in [4.69, 9.17) is 5.73 Å². The van der Waals surface area contributed by atoms with Gasteiger partial charge in [-0.2, -0.15) is 0 Å². The molecular formula is C19H23N. The molecule has 0 unspecified atom stereocenters. The van der Waals surface area contributed by atoms with Crippen molar-refractivity contribution in [3.63, 3.8) is 0 Å². The van der Waals surface area contributed by atoms with Gasteiger partial charge in [0.25, 0.3) is 0 Å². The average Bonchev–Trinajstić information content (AvgIpc) is 2.51. The Balaban J connectivity index is 1.87. The van der Waals surface area contributed by atoms with Crippen LogP contribution in [0.15, 0.2) is 42.5 Å². The molecule has 0 radical (unpaired) electrons. The van der Waals surface area contributed by atoms with E-state index in [1.807, 2.05) is 6.07 Å². The van der Waals surface area contributed by atoms with Crippen LogP contribution in [0.25, 0.3) is 11.1 Å². The van der Waals surface area contributed by atoms with Crippen molar-refractivity contribution < 1.29 is 0 Å². The molecule has 2 aromatic rings. The lowest BCUT2D eigenvalue weighted by Crippen LogP contribution is -2.04. The largest absolute Gasteiger partial charge is 0.398 e. The Bertz CT molecular complexity index is 577. The van der Waals surface area contributed by atoms with Gasteiger partial charge in [-0.1, -0.05) is 55.2 Å². The molecule has 2 aromatic carbocycles. The first-order valence-corrected chi connectivity index (χ1v) is 7.70. The van der Waals surface area contributed by atoms with Gasteiger partial charge in [0.2, 0.25) is 0 Å². The highest BCUT2D eigenvalue weighted by Gasteiger charge is 2.15. The van der Waals surface area contributed by atoms with Gasteiger partial charge >= 0.3 is 0 Å². The van der Waals surface area contributed by atoms with Crippen LogP contribution in [0.1, 0.15) is 49.1 Å². The van der Waals surface area contributed by atoms with E-state index in [0.717, 1.165) is 17.2 Å². The van der Waals surface area contributed by atoms with Crippen LogP contribution in [0.3, 0.4) is 0 Å². The van der Waals surface area contributed by atoms with Crippen LogP contribution in [-0.2, 0) is 0 Å². The molecule has 3 rings (SSSR count). The molecule has 1 aliphatic rings. The summed E-state index contributed by atoms with van der Waals surface area (Å²) in [4.78, 5) is 0. The van der Waals surface area contributed by atoms with E-state index in [2.05, 4.69) is 43.3 Å². The first-order valence-electron chi connectivity index (χ1n) is 7.70. The smallest absolute Gasteiger partial charge is 0.0393 e. The van der Waals surface area contributed by atoms with Crippen molar-refractivity contribution >= 4 is 5.69 Å². The Labute approximate surface area is 121 Å². The number of aryl methyl sites for hydroxylation is 1. The van der Waals surface area contributed by atoms with Crippen molar-refractivity contribution in [3.05, 3.63) is 53.6 Å². The molecule has 0 atom stereocenters. The van der Waals surface area contributed by atoms with Crippen LogP contribution in [-0.4, -0.2) is 0 Å². The summed E-state index contributed by atoms with van der Waals surface area (Å²) < 4.78 is 0. The van der Waals surface area contributed by atoms with Gasteiger partial charge in [-0.05, 0) is 48.9 Å². The molecule has 0 aliphatic heterocycles. The minimum atomic E-state index is 0.771. The molecule has 1 aliphatic carbocycles. The number of rotatable bonds is 2. The topological polar surface area (TPSA) is 26.0 Å². The number of benzene rings is 2. The number of hydrogen-bond acceptors (Lipinski definition) is 1. The van der Waals surface area contributed by atoms with Crippen LogP contribution >= 0.6 is 0 Å². The summed E-state index contributed by atoms with van der Waals surface area (Å²) in [5.41, 5.74) is 12.1. The molecule has 1 nitrogen and oxygen atoms in total. The van der Waals surface area contributed by atoms with Crippen molar-refractivity contribution in [2.24, 2.45) is 0 Å². The number of anilines is 1. The third kappa shape index (κ3) is 2.72. The Kier molecular flexibility index (Phi) is 3.77. The van der Waals surface area contributed by atoms with Crippen LogP contribution in [0.4, 0.5) is 5.69 Å². The second-order valence-electron chi connectivity index (χ2n) is 6.05. The standard InChI is InChI=1S/C19H23N/c1-14-7-12-19(20)18(13-14)17-10-8-16(9-11-17)15-5-3-2-4-6-15/h7-13,15H,2-6,20H2,1H3. The van der Waals surface area contributed by atoms with E-state index in [1.165, 1.54) is 48.8 Å². The summed E-state index contributed by atoms with van der Waals surface area (Å²) in [6.07, 6.45) is 6.89. The highest BCUT2D eigenvalue weighted by atomic mass is 14.6. The zero-order valence-electron chi connectivity index (χ0n) is 12.2. The average molecular weight is 265 g/mol. The third-order valence-corrected chi connectivity index (χ3v) is 4.51.